The van der Waals surface area contributed by atoms with Crippen LogP contribution in [0.25, 0.3) is 0 Å². The van der Waals surface area contributed by atoms with Crippen LogP contribution in [0.4, 0.5) is 0 Å². The van der Waals surface area contributed by atoms with Crippen LogP contribution < -0.4 is 14.8 Å². The average Bonchev–Trinajstić information content (AvgIpc) is 2.93. The Labute approximate surface area is 123 Å². The van der Waals surface area contributed by atoms with Crippen molar-refractivity contribution in [2.24, 2.45) is 0 Å². The quantitative estimate of drug-likeness (QED) is 0.839. The van der Waals surface area contributed by atoms with E-state index in [0.29, 0.717) is 19.4 Å². The predicted molar refractivity (Wildman–Crippen MR) is 74.8 cm³/mol. The third-order valence-electron chi connectivity index (χ3n) is 3.88. The van der Waals surface area contributed by atoms with Crippen LogP contribution in [0.3, 0.4) is 0 Å². The van der Waals surface area contributed by atoms with Crippen molar-refractivity contribution >= 4 is 11.8 Å². The number of rotatable bonds is 4. The molecule has 2 amide bonds. The fraction of sp³-hybridized carbons (Fsp3) is 0.467. The van der Waals surface area contributed by atoms with Gasteiger partial charge in [0.25, 0.3) is 0 Å². The number of hydrogen-bond acceptors (Lipinski definition) is 5. The molecule has 0 aromatic heterocycles. The second-order valence-electron chi connectivity index (χ2n) is 5.22. The van der Waals surface area contributed by atoms with Crippen molar-refractivity contribution in [3.63, 3.8) is 0 Å². The first kappa shape index (κ1) is 13.9. The average molecular weight is 290 g/mol. The van der Waals surface area contributed by atoms with Gasteiger partial charge in [-0.1, -0.05) is 13.0 Å². The van der Waals surface area contributed by atoms with Crippen molar-refractivity contribution in [1.82, 2.24) is 10.2 Å². The second-order valence-corrected chi connectivity index (χ2v) is 5.22. The Hall–Kier alpha value is -2.08. The van der Waals surface area contributed by atoms with E-state index in [0.717, 1.165) is 23.6 Å². The van der Waals surface area contributed by atoms with Crippen molar-refractivity contribution in [2.45, 2.75) is 32.4 Å². The van der Waals surface area contributed by atoms with Crippen molar-refractivity contribution in [3.05, 3.63) is 23.8 Å². The van der Waals surface area contributed by atoms with Gasteiger partial charge in [-0.05, 0) is 30.7 Å². The van der Waals surface area contributed by atoms with Gasteiger partial charge in [0.1, 0.15) is 0 Å². The molecule has 6 nitrogen and oxygen atoms in total. The lowest BCUT2D eigenvalue weighted by Crippen LogP contribution is -2.52. The molecule has 1 fully saturated rings. The highest BCUT2D eigenvalue weighted by atomic mass is 16.7. The van der Waals surface area contributed by atoms with Gasteiger partial charge in [-0.25, -0.2) is 0 Å². The molecule has 1 N–H and O–H groups in total. The van der Waals surface area contributed by atoms with Gasteiger partial charge in [-0.3, -0.25) is 19.8 Å². The number of nitrogens with zero attached hydrogens (tertiary/aromatic N) is 1. The van der Waals surface area contributed by atoms with Crippen LogP contribution in [0.15, 0.2) is 18.2 Å². The monoisotopic (exact) mass is 290 g/mol. The second kappa shape index (κ2) is 5.73. The van der Waals surface area contributed by atoms with Gasteiger partial charge in [-0.15, -0.1) is 0 Å². The smallest absolute Gasteiger partial charge is 0.243 e. The van der Waals surface area contributed by atoms with Crippen LogP contribution in [0.5, 0.6) is 11.5 Å². The minimum Gasteiger partial charge on any atom is -0.454 e. The maximum absolute atomic E-state index is 12.0. The highest BCUT2D eigenvalue weighted by Crippen LogP contribution is 2.33. The number of carbonyl (C=O) groups excluding carboxylic acids is 2. The summed E-state index contributed by atoms with van der Waals surface area (Å²) in [6.45, 7) is 3.64. The number of amides is 2. The summed E-state index contributed by atoms with van der Waals surface area (Å²) >= 11 is 0. The number of imide groups is 1. The van der Waals surface area contributed by atoms with E-state index in [9.17, 15) is 9.59 Å². The molecule has 2 aliphatic heterocycles. The summed E-state index contributed by atoms with van der Waals surface area (Å²) in [7, 11) is 0. The molecule has 112 valence electrons. The number of ether oxygens (including phenoxy) is 2. The van der Waals surface area contributed by atoms with E-state index < -0.39 is 0 Å². The number of benzene rings is 1. The summed E-state index contributed by atoms with van der Waals surface area (Å²) in [5.74, 6) is 1.11. The van der Waals surface area contributed by atoms with E-state index in [-0.39, 0.29) is 24.6 Å². The zero-order valence-corrected chi connectivity index (χ0v) is 11.9. The Morgan fingerprint density at radius 3 is 2.86 bits per heavy atom. The third kappa shape index (κ3) is 2.85. The van der Waals surface area contributed by atoms with Gasteiger partial charge in [0, 0.05) is 13.0 Å². The third-order valence-corrected chi connectivity index (χ3v) is 3.88. The fourth-order valence-corrected chi connectivity index (χ4v) is 2.75. The Bertz CT molecular complexity index is 573. The molecule has 2 heterocycles. The molecule has 3 rings (SSSR count). The highest BCUT2D eigenvalue weighted by Gasteiger charge is 2.31. The van der Waals surface area contributed by atoms with Crippen LogP contribution in [0.1, 0.15) is 25.3 Å². The Morgan fingerprint density at radius 2 is 2.10 bits per heavy atom. The van der Waals surface area contributed by atoms with E-state index >= 15 is 0 Å². The molecule has 1 saturated heterocycles. The Kier molecular flexibility index (Phi) is 3.79. The van der Waals surface area contributed by atoms with Gasteiger partial charge in [0.2, 0.25) is 18.6 Å². The molecule has 1 aromatic rings. The molecule has 1 aromatic carbocycles. The largest absolute Gasteiger partial charge is 0.454 e. The molecular weight excluding hydrogens is 272 g/mol. The van der Waals surface area contributed by atoms with Crippen molar-refractivity contribution in [3.8, 4) is 11.5 Å². The maximum Gasteiger partial charge on any atom is 0.243 e. The molecule has 6 heteroatoms. The van der Waals surface area contributed by atoms with Gasteiger partial charge < -0.3 is 9.47 Å². The zero-order chi connectivity index (χ0) is 14.8. The van der Waals surface area contributed by atoms with Crippen LogP contribution >= 0.6 is 0 Å². The predicted octanol–water partition coefficient (Wildman–Crippen LogP) is 1.04. The summed E-state index contributed by atoms with van der Waals surface area (Å²) in [5, 5.41) is 2.41. The lowest BCUT2D eigenvalue weighted by Gasteiger charge is -2.32. The van der Waals surface area contributed by atoms with Crippen LogP contribution in [-0.2, 0) is 16.1 Å². The van der Waals surface area contributed by atoms with E-state index in [1.165, 1.54) is 0 Å². The van der Waals surface area contributed by atoms with Crippen molar-refractivity contribution in [1.29, 1.82) is 0 Å². The minimum absolute atomic E-state index is 0.185. The molecule has 0 aliphatic carbocycles. The van der Waals surface area contributed by atoms with Crippen molar-refractivity contribution < 1.29 is 19.1 Å². The normalized spacial score (nSPS) is 20.8. The number of hydrogen-bond donors (Lipinski definition) is 1. The standard InChI is InChI=1S/C15H18N2O4/c1-2-17(11-4-6-14(18)16-15(11)19)8-10-3-5-12-13(7-10)21-9-20-12/h3,5,7,11H,2,4,6,8-9H2,1H3,(H,16,18,19). The van der Waals surface area contributed by atoms with Crippen molar-refractivity contribution in [2.75, 3.05) is 13.3 Å². The molecule has 0 bridgehead atoms. The van der Waals surface area contributed by atoms with Crippen LogP contribution in [0, 0.1) is 0 Å². The summed E-state index contributed by atoms with van der Waals surface area (Å²) < 4.78 is 10.7. The number of nitrogens with one attached hydrogen (secondary N) is 1. The number of piperidine rings is 1. The fourth-order valence-electron chi connectivity index (χ4n) is 2.75. The van der Waals surface area contributed by atoms with Crippen LogP contribution in [0.2, 0.25) is 0 Å². The van der Waals surface area contributed by atoms with Gasteiger partial charge >= 0.3 is 0 Å². The first-order valence-corrected chi connectivity index (χ1v) is 7.13. The molecule has 0 saturated carbocycles. The Morgan fingerprint density at radius 1 is 1.29 bits per heavy atom. The van der Waals surface area contributed by atoms with Crippen LogP contribution in [-0.4, -0.2) is 36.1 Å². The molecule has 0 radical (unpaired) electrons. The number of carbonyl (C=O) groups is 2. The molecular formula is C15H18N2O4. The summed E-state index contributed by atoms with van der Waals surface area (Å²) in [6, 6.07) is 5.55. The van der Waals surface area contributed by atoms with E-state index in [1.807, 2.05) is 25.1 Å². The lowest BCUT2D eigenvalue weighted by molar-refractivity contribution is -0.137. The molecule has 21 heavy (non-hydrogen) atoms. The highest BCUT2D eigenvalue weighted by molar-refractivity contribution is 6.00. The molecule has 2 aliphatic rings. The van der Waals surface area contributed by atoms with Gasteiger partial charge in [0.15, 0.2) is 11.5 Å². The summed E-state index contributed by atoms with van der Waals surface area (Å²) in [6.07, 6.45) is 0.969. The first-order chi connectivity index (χ1) is 10.2. The van der Waals surface area contributed by atoms with E-state index in [4.69, 9.17) is 9.47 Å². The summed E-state index contributed by atoms with van der Waals surface area (Å²) in [5.41, 5.74) is 1.06. The first-order valence-electron chi connectivity index (χ1n) is 7.13. The molecule has 1 unspecified atom stereocenters. The molecule has 0 spiro atoms. The lowest BCUT2D eigenvalue weighted by atomic mass is 10.0. The molecule has 1 atom stereocenters. The van der Waals surface area contributed by atoms with Gasteiger partial charge in [-0.2, -0.15) is 0 Å². The topological polar surface area (TPSA) is 67.9 Å². The SMILES string of the molecule is CCN(Cc1ccc2c(c1)OCO2)C1CCC(=O)NC1=O. The maximum atomic E-state index is 12.0. The number of likely N-dealkylation sites (N-methyl/N-ethyl adjacent to an activating group) is 1. The minimum atomic E-state index is -0.252. The number of fused-ring (bicyclic) bond motifs is 1. The summed E-state index contributed by atoms with van der Waals surface area (Å²) in [4.78, 5) is 25.3. The van der Waals surface area contributed by atoms with E-state index in [1.54, 1.807) is 0 Å². The van der Waals surface area contributed by atoms with E-state index in [2.05, 4.69) is 10.2 Å². The Balaban J connectivity index is 1.72. The van der Waals surface area contributed by atoms with Gasteiger partial charge in [0.05, 0.1) is 6.04 Å². The zero-order valence-electron chi connectivity index (χ0n) is 11.9.